The minimum atomic E-state index is -0.878. The number of nitrogens with one attached hydrogen (secondary N) is 2. The maximum Gasteiger partial charge on any atom is 0.287 e. The number of hydrogen-bond donors (Lipinski definition) is 2. The van der Waals surface area contributed by atoms with Crippen LogP contribution in [0.15, 0.2) is 77.4 Å². The van der Waals surface area contributed by atoms with Gasteiger partial charge in [-0.15, -0.1) is 0 Å². The lowest BCUT2D eigenvalue weighted by molar-refractivity contribution is -0.126. The number of anilines is 1. The van der Waals surface area contributed by atoms with Crippen LogP contribution in [0, 0.1) is 0 Å². The van der Waals surface area contributed by atoms with Crippen LogP contribution in [0.2, 0.25) is 0 Å². The van der Waals surface area contributed by atoms with Crippen LogP contribution in [0.3, 0.4) is 0 Å². The van der Waals surface area contributed by atoms with E-state index < -0.39 is 17.9 Å². The standard InChI is InChI=1S/C28H31N3O4/c1-2-20-14-16-21(17-15-20)26(28(34)30-22-9-6-7-10-22)31(23-11-4-3-5-12-23)25(32)19-29-27(33)24-13-8-18-35-24/h3-5,8,11-18,22,26H,2,6-7,9-10,19H2,1H3,(H,29,33)(H,30,34)/t26-/m1/s1. The number of amides is 3. The Balaban J connectivity index is 1.66. The lowest BCUT2D eigenvalue weighted by Gasteiger charge is -2.32. The molecule has 4 rings (SSSR count). The number of carbonyl (C=O) groups excluding carboxylic acids is 3. The average molecular weight is 474 g/mol. The number of carbonyl (C=O) groups is 3. The van der Waals surface area contributed by atoms with Gasteiger partial charge in [0, 0.05) is 11.7 Å². The van der Waals surface area contributed by atoms with Gasteiger partial charge in [-0.3, -0.25) is 19.3 Å². The Morgan fingerprint density at radius 1 is 0.971 bits per heavy atom. The topological polar surface area (TPSA) is 91.7 Å². The van der Waals surface area contributed by atoms with Crippen molar-refractivity contribution in [3.05, 3.63) is 89.9 Å². The first-order valence-electron chi connectivity index (χ1n) is 12.1. The van der Waals surface area contributed by atoms with E-state index in [-0.39, 0.29) is 24.3 Å². The minimum Gasteiger partial charge on any atom is -0.459 e. The molecule has 7 nitrogen and oxygen atoms in total. The van der Waals surface area contributed by atoms with Crippen molar-refractivity contribution in [3.63, 3.8) is 0 Å². The summed E-state index contributed by atoms with van der Waals surface area (Å²) in [5.41, 5.74) is 2.44. The fourth-order valence-corrected chi connectivity index (χ4v) is 4.47. The molecule has 3 amide bonds. The summed E-state index contributed by atoms with van der Waals surface area (Å²) >= 11 is 0. The van der Waals surface area contributed by atoms with Crippen molar-refractivity contribution in [2.75, 3.05) is 11.4 Å². The molecule has 1 aliphatic rings. The maximum atomic E-state index is 13.7. The largest absolute Gasteiger partial charge is 0.459 e. The molecule has 2 aromatic carbocycles. The van der Waals surface area contributed by atoms with Crippen molar-refractivity contribution in [1.29, 1.82) is 0 Å². The first-order valence-corrected chi connectivity index (χ1v) is 12.1. The van der Waals surface area contributed by atoms with E-state index in [2.05, 4.69) is 17.6 Å². The Morgan fingerprint density at radius 2 is 1.69 bits per heavy atom. The monoisotopic (exact) mass is 473 g/mol. The molecular formula is C28H31N3O4. The molecule has 3 aromatic rings. The van der Waals surface area contributed by atoms with Crippen LogP contribution < -0.4 is 15.5 Å². The third-order valence-electron chi connectivity index (χ3n) is 6.36. The zero-order valence-corrected chi connectivity index (χ0v) is 19.9. The number of nitrogens with zero attached hydrogens (tertiary/aromatic N) is 1. The molecule has 1 atom stereocenters. The quantitative estimate of drug-likeness (QED) is 0.482. The second-order valence-corrected chi connectivity index (χ2v) is 8.75. The van der Waals surface area contributed by atoms with Crippen molar-refractivity contribution in [2.45, 2.75) is 51.1 Å². The van der Waals surface area contributed by atoms with Crippen molar-refractivity contribution in [2.24, 2.45) is 0 Å². The Hall–Kier alpha value is -3.87. The molecule has 1 aromatic heterocycles. The molecule has 182 valence electrons. The molecule has 1 fully saturated rings. The van der Waals surface area contributed by atoms with Crippen LogP contribution in [0.1, 0.15) is 60.3 Å². The van der Waals surface area contributed by atoms with Gasteiger partial charge in [0.2, 0.25) is 11.8 Å². The molecule has 0 spiro atoms. The van der Waals surface area contributed by atoms with E-state index in [1.165, 1.54) is 17.2 Å². The van der Waals surface area contributed by atoms with E-state index in [1.54, 1.807) is 18.2 Å². The van der Waals surface area contributed by atoms with Crippen LogP contribution in [-0.2, 0) is 16.0 Å². The lowest BCUT2D eigenvalue weighted by Crippen LogP contribution is -2.49. The van der Waals surface area contributed by atoms with Crippen molar-refractivity contribution >= 4 is 23.4 Å². The zero-order chi connectivity index (χ0) is 24.6. The third kappa shape index (κ3) is 5.98. The first-order chi connectivity index (χ1) is 17.1. The predicted octanol–water partition coefficient (Wildman–Crippen LogP) is 4.41. The number of aryl methyl sites for hydroxylation is 1. The van der Waals surface area contributed by atoms with E-state index in [0.717, 1.165) is 37.7 Å². The number of para-hydroxylation sites is 1. The second-order valence-electron chi connectivity index (χ2n) is 8.75. The van der Waals surface area contributed by atoms with Gasteiger partial charge in [0.25, 0.3) is 5.91 Å². The van der Waals surface area contributed by atoms with Gasteiger partial charge in [0.1, 0.15) is 6.04 Å². The maximum absolute atomic E-state index is 13.7. The fourth-order valence-electron chi connectivity index (χ4n) is 4.47. The molecule has 2 N–H and O–H groups in total. The highest BCUT2D eigenvalue weighted by Gasteiger charge is 2.34. The van der Waals surface area contributed by atoms with Crippen LogP contribution in [0.5, 0.6) is 0 Å². The summed E-state index contributed by atoms with van der Waals surface area (Å²) in [5, 5.41) is 5.78. The Morgan fingerprint density at radius 3 is 2.31 bits per heavy atom. The molecule has 35 heavy (non-hydrogen) atoms. The molecule has 0 bridgehead atoms. The Bertz CT molecular complexity index is 1120. The first kappa shape index (κ1) is 24.3. The normalized spacial score (nSPS) is 14.3. The van der Waals surface area contributed by atoms with Crippen LogP contribution in [0.4, 0.5) is 5.69 Å². The number of furan rings is 1. The van der Waals surface area contributed by atoms with Crippen molar-refractivity contribution < 1.29 is 18.8 Å². The Kier molecular flexibility index (Phi) is 7.98. The van der Waals surface area contributed by atoms with Gasteiger partial charge in [0.15, 0.2) is 5.76 Å². The second kappa shape index (κ2) is 11.5. The minimum absolute atomic E-state index is 0.103. The predicted molar refractivity (Wildman–Crippen MR) is 134 cm³/mol. The van der Waals surface area contributed by atoms with Gasteiger partial charge in [-0.05, 0) is 54.7 Å². The highest BCUT2D eigenvalue weighted by Crippen LogP contribution is 2.29. The van der Waals surface area contributed by atoms with Gasteiger partial charge >= 0.3 is 0 Å². The molecule has 0 radical (unpaired) electrons. The number of benzene rings is 2. The van der Waals surface area contributed by atoms with E-state index in [1.807, 2.05) is 42.5 Å². The summed E-state index contributed by atoms with van der Waals surface area (Å²) in [6.45, 7) is 1.79. The van der Waals surface area contributed by atoms with E-state index in [4.69, 9.17) is 4.42 Å². The fraction of sp³-hybridized carbons (Fsp3) is 0.321. The number of rotatable bonds is 9. The van der Waals surface area contributed by atoms with Gasteiger partial charge < -0.3 is 15.1 Å². The average Bonchev–Trinajstić information content (AvgIpc) is 3.61. The Labute approximate surface area is 205 Å². The summed E-state index contributed by atoms with van der Waals surface area (Å²) in [6.07, 6.45) is 6.31. The van der Waals surface area contributed by atoms with Crippen LogP contribution in [0.25, 0.3) is 0 Å². The highest BCUT2D eigenvalue weighted by atomic mass is 16.3. The smallest absolute Gasteiger partial charge is 0.287 e. The van der Waals surface area contributed by atoms with Gasteiger partial charge in [-0.2, -0.15) is 0 Å². The van der Waals surface area contributed by atoms with Gasteiger partial charge in [0.05, 0.1) is 12.8 Å². The molecule has 1 saturated carbocycles. The molecule has 0 saturated heterocycles. The van der Waals surface area contributed by atoms with E-state index in [0.29, 0.717) is 11.3 Å². The summed E-state index contributed by atoms with van der Waals surface area (Å²) in [7, 11) is 0. The molecular weight excluding hydrogens is 442 g/mol. The molecule has 0 unspecified atom stereocenters. The molecule has 7 heteroatoms. The van der Waals surface area contributed by atoms with E-state index in [9.17, 15) is 14.4 Å². The highest BCUT2D eigenvalue weighted by molar-refractivity contribution is 6.04. The summed E-state index contributed by atoms with van der Waals surface area (Å²) in [4.78, 5) is 41.2. The summed E-state index contributed by atoms with van der Waals surface area (Å²) in [6, 6.07) is 19.2. The van der Waals surface area contributed by atoms with Crippen LogP contribution in [-0.4, -0.2) is 30.3 Å². The lowest BCUT2D eigenvalue weighted by atomic mass is 10.00. The van der Waals surface area contributed by atoms with Crippen molar-refractivity contribution in [3.8, 4) is 0 Å². The summed E-state index contributed by atoms with van der Waals surface area (Å²) in [5.74, 6) is -0.997. The molecule has 0 aliphatic heterocycles. The molecule has 1 aliphatic carbocycles. The van der Waals surface area contributed by atoms with Gasteiger partial charge in [-0.25, -0.2) is 0 Å². The SMILES string of the molecule is CCc1ccc([C@H](C(=O)NC2CCCC2)N(C(=O)CNC(=O)c2ccco2)c2ccccc2)cc1. The molecule has 1 heterocycles. The van der Waals surface area contributed by atoms with Crippen LogP contribution >= 0.6 is 0 Å². The number of hydrogen-bond acceptors (Lipinski definition) is 4. The van der Waals surface area contributed by atoms with Gasteiger partial charge in [-0.1, -0.05) is 62.2 Å². The van der Waals surface area contributed by atoms with Crippen molar-refractivity contribution in [1.82, 2.24) is 10.6 Å². The third-order valence-corrected chi connectivity index (χ3v) is 6.36. The summed E-state index contributed by atoms with van der Waals surface area (Å²) < 4.78 is 5.12. The zero-order valence-electron chi connectivity index (χ0n) is 19.9. The van der Waals surface area contributed by atoms with E-state index >= 15 is 0 Å².